The van der Waals surface area contributed by atoms with Gasteiger partial charge in [-0.25, -0.2) is 4.98 Å². The number of halogens is 1. The van der Waals surface area contributed by atoms with Crippen LogP contribution in [-0.4, -0.2) is 11.5 Å². The predicted octanol–water partition coefficient (Wildman–Crippen LogP) is 3.40. The van der Waals surface area contributed by atoms with E-state index in [9.17, 15) is 0 Å². The second-order valence-electron chi connectivity index (χ2n) is 5.38. The molecule has 0 aliphatic carbocycles. The Hall–Kier alpha value is -0.800. The number of anilines is 1. The first kappa shape index (κ1) is 14.3. The van der Waals surface area contributed by atoms with Crippen LogP contribution >= 0.6 is 11.6 Å². The molecule has 0 aliphatic heterocycles. The molecule has 0 bridgehead atoms. The minimum absolute atomic E-state index is 0.0651. The monoisotopic (exact) mass is 255 g/mol. The first-order valence-corrected chi connectivity index (χ1v) is 6.38. The fourth-order valence-corrected chi connectivity index (χ4v) is 2.03. The summed E-state index contributed by atoms with van der Waals surface area (Å²) in [5, 5.41) is 4.14. The summed E-state index contributed by atoms with van der Waals surface area (Å²) in [7, 11) is 0. The number of nitrogens with zero attached hydrogens (tertiary/aromatic N) is 1. The van der Waals surface area contributed by atoms with Gasteiger partial charge in [0.15, 0.2) is 0 Å². The number of hydrogen-bond acceptors (Lipinski definition) is 3. The summed E-state index contributed by atoms with van der Waals surface area (Å²) in [5.41, 5.74) is 7.00. The molecule has 1 aromatic heterocycles. The highest BCUT2D eigenvalue weighted by molar-refractivity contribution is 6.30. The minimum atomic E-state index is 0.0651. The summed E-state index contributed by atoms with van der Waals surface area (Å²) < 4.78 is 0. The topological polar surface area (TPSA) is 50.9 Å². The Morgan fingerprint density at radius 2 is 2.12 bits per heavy atom. The molecule has 0 amide bonds. The number of pyridine rings is 1. The fourth-order valence-electron chi connectivity index (χ4n) is 1.87. The third kappa shape index (κ3) is 3.86. The number of hydrogen-bond donors (Lipinski definition) is 2. The van der Waals surface area contributed by atoms with Gasteiger partial charge in [0.1, 0.15) is 5.82 Å². The van der Waals surface area contributed by atoms with Gasteiger partial charge in [-0.1, -0.05) is 39.3 Å². The summed E-state index contributed by atoms with van der Waals surface area (Å²) in [6.07, 6.45) is 2.67. The van der Waals surface area contributed by atoms with E-state index in [1.807, 2.05) is 6.07 Å². The van der Waals surface area contributed by atoms with Crippen molar-refractivity contribution in [3.05, 3.63) is 22.8 Å². The maximum atomic E-state index is 6.00. The van der Waals surface area contributed by atoms with E-state index in [0.717, 1.165) is 18.5 Å². The van der Waals surface area contributed by atoms with E-state index in [-0.39, 0.29) is 11.5 Å². The van der Waals surface area contributed by atoms with Gasteiger partial charge in [-0.15, -0.1) is 0 Å². The van der Waals surface area contributed by atoms with E-state index in [4.69, 9.17) is 17.3 Å². The highest BCUT2D eigenvalue weighted by Crippen LogP contribution is 2.35. The molecule has 96 valence electrons. The molecular weight excluding hydrogens is 234 g/mol. The normalized spacial score (nSPS) is 13.7. The lowest BCUT2D eigenvalue weighted by Crippen LogP contribution is -2.33. The highest BCUT2D eigenvalue weighted by Gasteiger charge is 2.27. The third-order valence-corrected chi connectivity index (χ3v) is 2.90. The first-order chi connectivity index (χ1) is 7.86. The van der Waals surface area contributed by atoms with E-state index >= 15 is 0 Å². The van der Waals surface area contributed by atoms with Crippen molar-refractivity contribution in [3.63, 3.8) is 0 Å². The van der Waals surface area contributed by atoms with Gasteiger partial charge in [0.25, 0.3) is 0 Å². The van der Waals surface area contributed by atoms with Gasteiger partial charge < -0.3 is 11.1 Å². The quantitative estimate of drug-likeness (QED) is 0.867. The molecule has 3 N–H and O–H groups in total. The molecule has 1 heterocycles. The van der Waals surface area contributed by atoms with Crippen LogP contribution in [0.2, 0.25) is 5.02 Å². The van der Waals surface area contributed by atoms with Crippen molar-refractivity contribution < 1.29 is 0 Å². The van der Waals surface area contributed by atoms with Crippen molar-refractivity contribution in [2.75, 3.05) is 12.3 Å². The van der Waals surface area contributed by atoms with Gasteiger partial charge in [0, 0.05) is 17.8 Å². The zero-order chi connectivity index (χ0) is 13.1. The summed E-state index contributed by atoms with van der Waals surface area (Å²) in [5.74, 6) is 0.554. The van der Waals surface area contributed by atoms with E-state index in [2.05, 4.69) is 38.0 Å². The number of nitrogens with one attached hydrogen (secondary N) is 1. The molecule has 17 heavy (non-hydrogen) atoms. The van der Waals surface area contributed by atoms with E-state index in [1.165, 1.54) is 0 Å². The summed E-state index contributed by atoms with van der Waals surface area (Å²) in [6, 6.07) is 2.07. The van der Waals surface area contributed by atoms with Crippen molar-refractivity contribution in [2.24, 2.45) is 5.41 Å². The van der Waals surface area contributed by atoms with Crippen molar-refractivity contribution in [1.82, 2.24) is 10.3 Å². The lowest BCUT2D eigenvalue weighted by Gasteiger charge is -2.32. The molecule has 1 rings (SSSR count). The van der Waals surface area contributed by atoms with Gasteiger partial charge >= 0.3 is 0 Å². The van der Waals surface area contributed by atoms with Gasteiger partial charge in [0.05, 0.1) is 5.02 Å². The van der Waals surface area contributed by atoms with Gasteiger partial charge in [-0.05, 0) is 24.4 Å². The zero-order valence-corrected chi connectivity index (χ0v) is 11.8. The Morgan fingerprint density at radius 3 is 2.65 bits per heavy atom. The molecule has 0 fully saturated rings. The molecule has 0 saturated carbocycles. The molecule has 3 nitrogen and oxygen atoms in total. The number of nitrogen functional groups attached to an aromatic ring is 1. The van der Waals surface area contributed by atoms with Gasteiger partial charge in [-0.2, -0.15) is 0 Å². The van der Waals surface area contributed by atoms with Crippen molar-refractivity contribution in [3.8, 4) is 0 Å². The van der Waals surface area contributed by atoms with Gasteiger partial charge in [-0.3, -0.25) is 0 Å². The summed E-state index contributed by atoms with van der Waals surface area (Å²) in [4.78, 5) is 4.13. The SMILES string of the molecule is CCCNC(c1cc(Cl)cnc1N)C(C)(C)C. The van der Waals surface area contributed by atoms with E-state index in [1.54, 1.807) is 6.20 Å². The molecule has 0 saturated heterocycles. The maximum Gasteiger partial charge on any atom is 0.128 e. The third-order valence-electron chi connectivity index (χ3n) is 2.69. The number of rotatable bonds is 4. The molecular formula is C13H22ClN3. The van der Waals surface area contributed by atoms with Crippen LogP contribution in [0.15, 0.2) is 12.3 Å². The minimum Gasteiger partial charge on any atom is -0.383 e. The standard InChI is InChI=1S/C13H22ClN3/c1-5-6-16-11(13(2,3)4)10-7-9(14)8-17-12(10)15/h7-8,11,16H,5-6H2,1-4H3,(H2,15,17). The van der Waals surface area contributed by atoms with Crippen molar-refractivity contribution in [1.29, 1.82) is 0 Å². The average Bonchev–Trinajstić information content (AvgIpc) is 2.21. The molecule has 4 heteroatoms. The van der Waals surface area contributed by atoms with Crippen molar-refractivity contribution in [2.45, 2.75) is 40.2 Å². The maximum absolute atomic E-state index is 6.00. The van der Waals surface area contributed by atoms with Crippen LogP contribution in [0.5, 0.6) is 0 Å². The van der Waals surface area contributed by atoms with Crippen LogP contribution < -0.4 is 11.1 Å². The second-order valence-corrected chi connectivity index (χ2v) is 5.82. The molecule has 1 aromatic rings. The number of nitrogens with two attached hydrogens (primary N) is 1. The zero-order valence-electron chi connectivity index (χ0n) is 11.0. The predicted molar refractivity (Wildman–Crippen MR) is 74.1 cm³/mol. The summed E-state index contributed by atoms with van der Waals surface area (Å²) >= 11 is 6.00. The molecule has 1 atom stereocenters. The summed E-state index contributed by atoms with van der Waals surface area (Å²) in [6.45, 7) is 9.64. The molecule has 0 aromatic carbocycles. The van der Waals surface area contributed by atoms with Crippen LogP contribution in [0.1, 0.15) is 45.7 Å². The molecule has 1 unspecified atom stereocenters. The second kappa shape index (κ2) is 5.69. The van der Waals surface area contributed by atoms with Crippen LogP contribution in [0.25, 0.3) is 0 Å². The van der Waals surface area contributed by atoms with Gasteiger partial charge in [0.2, 0.25) is 0 Å². The molecule has 0 radical (unpaired) electrons. The van der Waals surface area contributed by atoms with Crippen LogP contribution in [0.3, 0.4) is 0 Å². The largest absolute Gasteiger partial charge is 0.383 e. The number of aromatic nitrogens is 1. The van der Waals surface area contributed by atoms with Crippen LogP contribution in [0, 0.1) is 5.41 Å². The Labute approximate surface area is 109 Å². The smallest absolute Gasteiger partial charge is 0.128 e. The van der Waals surface area contributed by atoms with Crippen molar-refractivity contribution >= 4 is 17.4 Å². The molecule has 0 spiro atoms. The molecule has 0 aliphatic rings. The first-order valence-electron chi connectivity index (χ1n) is 6.00. The highest BCUT2D eigenvalue weighted by atomic mass is 35.5. The van der Waals surface area contributed by atoms with E-state index in [0.29, 0.717) is 10.8 Å². The average molecular weight is 256 g/mol. The van der Waals surface area contributed by atoms with Crippen LogP contribution in [-0.2, 0) is 0 Å². The van der Waals surface area contributed by atoms with Crippen LogP contribution in [0.4, 0.5) is 5.82 Å². The fraction of sp³-hybridized carbons (Fsp3) is 0.615. The lowest BCUT2D eigenvalue weighted by molar-refractivity contribution is 0.273. The Morgan fingerprint density at radius 1 is 1.47 bits per heavy atom. The lowest BCUT2D eigenvalue weighted by atomic mass is 9.82. The Kier molecular flexibility index (Phi) is 4.78. The Bertz CT molecular complexity index is 371. The Balaban J connectivity index is 3.08. The van der Waals surface area contributed by atoms with E-state index < -0.39 is 0 Å².